The maximum Gasteiger partial charge on any atom is 0.471 e. The smallest absolute Gasteiger partial charge is 0.383 e. The van der Waals surface area contributed by atoms with Crippen LogP contribution in [0.1, 0.15) is 20.3 Å². The fraction of sp³-hybridized carbons (Fsp3) is 0.833. The van der Waals surface area contributed by atoms with E-state index < -0.39 is 25.2 Å². The number of phosphoric ester groups is 1. The van der Waals surface area contributed by atoms with Gasteiger partial charge < -0.3 is 20.6 Å². The molecular formula is C12H25N2O7PS. The standard InChI is InChI=1S/C12H25N2O7PS/c1-12(2,8-21-22(18,19)20-3)10(16)11(17)14-5-4-9(15)13-6-7-23/h10,16,23H,4-8H2,1-3H3,(H,13,15)(H,14,17)(H,18,19). The lowest BCUT2D eigenvalue weighted by atomic mass is 9.87. The fourth-order valence-corrected chi connectivity index (χ4v) is 2.13. The summed E-state index contributed by atoms with van der Waals surface area (Å²) in [6.45, 7) is 3.11. The first-order chi connectivity index (χ1) is 10.6. The zero-order valence-electron chi connectivity index (χ0n) is 13.4. The molecule has 23 heavy (non-hydrogen) atoms. The van der Waals surface area contributed by atoms with Crippen LogP contribution < -0.4 is 10.6 Å². The first kappa shape index (κ1) is 22.4. The lowest BCUT2D eigenvalue weighted by Crippen LogP contribution is -2.46. The number of carbonyl (C=O) groups excluding carboxylic acids is 2. The van der Waals surface area contributed by atoms with Crippen molar-refractivity contribution in [3.05, 3.63) is 0 Å². The summed E-state index contributed by atoms with van der Waals surface area (Å²) in [6, 6.07) is 0. The van der Waals surface area contributed by atoms with Crippen molar-refractivity contribution in [1.82, 2.24) is 10.6 Å². The number of hydrogen-bond donors (Lipinski definition) is 5. The van der Waals surface area contributed by atoms with Crippen LogP contribution in [0.3, 0.4) is 0 Å². The Hall–Kier alpha value is -0.640. The second-order valence-electron chi connectivity index (χ2n) is 5.43. The van der Waals surface area contributed by atoms with Crippen molar-refractivity contribution in [1.29, 1.82) is 0 Å². The van der Waals surface area contributed by atoms with E-state index >= 15 is 0 Å². The summed E-state index contributed by atoms with van der Waals surface area (Å²) in [7, 11) is -3.18. The third-order valence-corrected chi connectivity index (χ3v) is 4.04. The van der Waals surface area contributed by atoms with Crippen molar-refractivity contribution in [2.24, 2.45) is 5.41 Å². The SMILES string of the molecule is COP(=O)(O)OCC(C)(C)C(O)C(=O)NCCC(=O)NCCS. The molecule has 2 amide bonds. The van der Waals surface area contributed by atoms with E-state index in [9.17, 15) is 19.3 Å². The monoisotopic (exact) mass is 372 g/mol. The minimum absolute atomic E-state index is 0.0573. The molecule has 0 aromatic rings. The maximum atomic E-state index is 11.9. The highest BCUT2D eigenvalue weighted by Gasteiger charge is 2.36. The summed E-state index contributed by atoms with van der Waals surface area (Å²) in [6.07, 6.45) is -1.42. The van der Waals surface area contributed by atoms with Crippen LogP contribution in [0, 0.1) is 5.41 Å². The quantitative estimate of drug-likeness (QED) is 0.248. The van der Waals surface area contributed by atoms with Crippen LogP contribution in [0.2, 0.25) is 0 Å². The molecule has 2 unspecified atom stereocenters. The average molecular weight is 372 g/mol. The molecule has 136 valence electrons. The molecule has 4 N–H and O–H groups in total. The summed E-state index contributed by atoms with van der Waals surface area (Å²) in [4.78, 5) is 32.4. The van der Waals surface area contributed by atoms with Crippen molar-refractivity contribution in [3.8, 4) is 0 Å². The number of rotatable bonds is 11. The van der Waals surface area contributed by atoms with Crippen molar-refractivity contribution in [3.63, 3.8) is 0 Å². The summed E-state index contributed by atoms with van der Waals surface area (Å²) in [5, 5.41) is 15.0. The van der Waals surface area contributed by atoms with Crippen molar-refractivity contribution < 1.29 is 33.2 Å². The largest absolute Gasteiger partial charge is 0.471 e. The molecular weight excluding hydrogens is 347 g/mol. The van der Waals surface area contributed by atoms with Gasteiger partial charge in [0, 0.05) is 37.8 Å². The molecule has 0 fully saturated rings. The summed E-state index contributed by atoms with van der Waals surface area (Å²) in [5.74, 6) is -0.426. The first-order valence-electron chi connectivity index (χ1n) is 6.92. The molecule has 0 saturated carbocycles. The Morgan fingerprint density at radius 2 is 1.91 bits per heavy atom. The number of aliphatic hydroxyl groups excluding tert-OH is 1. The zero-order chi connectivity index (χ0) is 18.1. The molecule has 0 aromatic carbocycles. The number of nitrogens with one attached hydrogen (secondary N) is 2. The highest BCUT2D eigenvalue weighted by atomic mass is 32.1. The third kappa shape index (κ3) is 9.29. The van der Waals surface area contributed by atoms with E-state index in [-0.39, 0.29) is 25.5 Å². The minimum Gasteiger partial charge on any atom is -0.383 e. The number of phosphoric acid groups is 1. The molecule has 0 aliphatic heterocycles. The van der Waals surface area contributed by atoms with E-state index in [1.807, 2.05) is 0 Å². The molecule has 0 aliphatic rings. The summed E-state index contributed by atoms with van der Waals surface area (Å²) >= 11 is 3.95. The van der Waals surface area contributed by atoms with Crippen LogP contribution in [-0.4, -0.2) is 60.5 Å². The lowest BCUT2D eigenvalue weighted by molar-refractivity contribution is -0.137. The molecule has 0 spiro atoms. The van der Waals surface area contributed by atoms with E-state index in [0.29, 0.717) is 12.3 Å². The fourth-order valence-electron chi connectivity index (χ4n) is 1.41. The number of thiol groups is 1. The maximum absolute atomic E-state index is 11.9. The highest BCUT2D eigenvalue weighted by Crippen LogP contribution is 2.43. The third-order valence-electron chi connectivity index (χ3n) is 2.90. The number of hydrogen-bond acceptors (Lipinski definition) is 7. The van der Waals surface area contributed by atoms with Gasteiger partial charge >= 0.3 is 7.82 Å². The Morgan fingerprint density at radius 1 is 1.30 bits per heavy atom. The lowest BCUT2D eigenvalue weighted by Gasteiger charge is -2.29. The number of amides is 2. The van der Waals surface area contributed by atoms with E-state index in [1.54, 1.807) is 0 Å². The summed E-state index contributed by atoms with van der Waals surface area (Å²) in [5.41, 5.74) is -1.13. The van der Waals surface area contributed by atoms with Crippen LogP contribution in [0.4, 0.5) is 0 Å². The molecule has 0 saturated heterocycles. The van der Waals surface area contributed by atoms with Crippen LogP contribution >= 0.6 is 20.5 Å². The van der Waals surface area contributed by atoms with Gasteiger partial charge in [-0.25, -0.2) is 4.57 Å². The Labute approximate surface area is 141 Å². The molecule has 0 bridgehead atoms. The van der Waals surface area contributed by atoms with Crippen LogP contribution in [0.25, 0.3) is 0 Å². The van der Waals surface area contributed by atoms with Gasteiger partial charge in [0.2, 0.25) is 11.8 Å². The van der Waals surface area contributed by atoms with E-state index in [0.717, 1.165) is 7.11 Å². The Morgan fingerprint density at radius 3 is 2.43 bits per heavy atom. The highest BCUT2D eigenvalue weighted by molar-refractivity contribution is 7.80. The Kier molecular flexibility index (Phi) is 9.99. The van der Waals surface area contributed by atoms with Gasteiger partial charge in [-0.05, 0) is 0 Å². The van der Waals surface area contributed by atoms with E-state index in [2.05, 4.69) is 32.3 Å². The minimum atomic E-state index is -4.19. The first-order valence-corrected chi connectivity index (χ1v) is 9.05. The summed E-state index contributed by atoms with van der Waals surface area (Å²) < 4.78 is 20.2. The van der Waals surface area contributed by atoms with Gasteiger partial charge in [-0.2, -0.15) is 12.6 Å². The Balaban J connectivity index is 4.30. The van der Waals surface area contributed by atoms with Gasteiger partial charge in [-0.1, -0.05) is 13.8 Å². The van der Waals surface area contributed by atoms with Crippen molar-refractivity contribution >= 4 is 32.3 Å². The topological polar surface area (TPSA) is 134 Å². The molecule has 11 heteroatoms. The predicted molar refractivity (Wildman–Crippen MR) is 87.1 cm³/mol. The number of aliphatic hydroxyl groups is 1. The Bertz CT molecular complexity index is 447. The van der Waals surface area contributed by atoms with Gasteiger partial charge in [0.15, 0.2) is 0 Å². The van der Waals surface area contributed by atoms with Gasteiger partial charge in [0.05, 0.1) is 6.61 Å². The van der Waals surface area contributed by atoms with Gasteiger partial charge in [-0.15, -0.1) is 0 Å². The van der Waals surface area contributed by atoms with Gasteiger partial charge in [0.25, 0.3) is 0 Å². The van der Waals surface area contributed by atoms with Gasteiger partial charge in [0.1, 0.15) is 6.10 Å². The van der Waals surface area contributed by atoms with Crippen molar-refractivity contribution in [2.45, 2.75) is 26.4 Å². The zero-order valence-corrected chi connectivity index (χ0v) is 15.2. The molecule has 0 rings (SSSR count). The normalized spacial score (nSPS) is 15.6. The molecule has 0 radical (unpaired) electrons. The van der Waals surface area contributed by atoms with E-state index in [1.165, 1.54) is 13.8 Å². The average Bonchev–Trinajstić information content (AvgIpc) is 2.50. The van der Waals surface area contributed by atoms with E-state index in [4.69, 9.17) is 4.89 Å². The van der Waals surface area contributed by atoms with Crippen LogP contribution in [0.15, 0.2) is 0 Å². The molecule has 0 aliphatic carbocycles. The van der Waals surface area contributed by atoms with Crippen LogP contribution in [-0.2, 0) is 23.2 Å². The predicted octanol–water partition coefficient (Wildman–Crippen LogP) is -0.311. The molecule has 9 nitrogen and oxygen atoms in total. The van der Waals surface area contributed by atoms with Crippen molar-refractivity contribution in [2.75, 3.05) is 32.6 Å². The molecule has 0 heterocycles. The van der Waals surface area contributed by atoms with Crippen LogP contribution in [0.5, 0.6) is 0 Å². The van der Waals surface area contributed by atoms with Gasteiger partial charge in [-0.3, -0.25) is 18.6 Å². The second kappa shape index (κ2) is 10.3. The molecule has 2 atom stereocenters. The molecule has 0 aromatic heterocycles. The number of carbonyl (C=O) groups is 2. The second-order valence-corrected chi connectivity index (χ2v) is 7.44.